The van der Waals surface area contributed by atoms with Crippen LogP contribution in [-0.4, -0.2) is 88.9 Å². The average Bonchev–Trinajstić information content (AvgIpc) is 3.29. The third kappa shape index (κ3) is 7.58. The van der Waals surface area contributed by atoms with Crippen LogP contribution in [0.3, 0.4) is 0 Å². The summed E-state index contributed by atoms with van der Waals surface area (Å²) in [6.45, 7) is -1.50. The predicted molar refractivity (Wildman–Crippen MR) is 165 cm³/mol. The second kappa shape index (κ2) is 15.2. The van der Waals surface area contributed by atoms with Crippen molar-refractivity contribution in [1.29, 1.82) is 0 Å². The van der Waals surface area contributed by atoms with E-state index in [9.17, 15) is 49.2 Å². The molecule has 4 aromatic rings. The number of aromatic hydroxyl groups is 2. The molecule has 2 aliphatic rings. The minimum atomic E-state index is -1.49. The van der Waals surface area contributed by atoms with Crippen LogP contribution in [0.1, 0.15) is 80.4 Å². The van der Waals surface area contributed by atoms with Crippen molar-refractivity contribution < 1.29 is 39.6 Å². The number of carbonyl (C=O) groups is 4. The second-order valence-electron chi connectivity index (χ2n) is 10.6. The van der Waals surface area contributed by atoms with Gasteiger partial charge in [0, 0.05) is 21.1 Å². The van der Waals surface area contributed by atoms with Gasteiger partial charge < -0.3 is 40.6 Å². The summed E-state index contributed by atoms with van der Waals surface area (Å²) in [5, 5.41) is 44.7. The van der Waals surface area contributed by atoms with Crippen molar-refractivity contribution in [3.05, 3.63) is 53.0 Å². The molecule has 16 nitrogen and oxygen atoms in total. The summed E-state index contributed by atoms with van der Waals surface area (Å²) >= 11 is 2.67. The fourth-order valence-electron chi connectivity index (χ4n) is 5.46. The van der Waals surface area contributed by atoms with Crippen LogP contribution in [0.25, 0.3) is 9.92 Å². The molecule has 0 spiro atoms. The Morgan fingerprint density at radius 3 is 1.38 bits per heavy atom. The number of carboxylic acid groups (broad SMARTS) is 2. The standard InChI is InChI=1S/2C14H15N3O5S.Mg/c2*18-9(19)6-15-11(20)10-12(21)16-14-17(13(10)22)7-4-2-1-3-5-8(7)23-14;/h2*21H,1-6H2,(H,15,20)(H,18,19);/q;;+2/p-2. The molecular formula is C28H28MgN6O10S2. The Morgan fingerprint density at radius 2 is 1.02 bits per heavy atom. The zero-order valence-electron chi connectivity index (χ0n) is 25.0. The molecule has 19 heteroatoms. The maximum atomic E-state index is 12.6. The molecule has 0 aromatic carbocycles. The Balaban J connectivity index is 0.000000208. The first-order chi connectivity index (χ1) is 22.0. The Bertz CT molecular complexity index is 1860. The van der Waals surface area contributed by atoms with Gasteiger partial charge in [0.15, 0.2) is 21.0 Å². The number of hydrogen-bond donors (Lipinski definition) is 4. The summed E-state index contributed by atoms with van der Waals surface area (Å²) in [4.78, 5) is 80.7. The van der Waals surface area contributed by atoms with Crippen LogP contribution in [0.4, 0.5) is 0 Å². The number of fused-ring (bicyclic) bond motifs is 6. The van der Waals surface area contributed by atoms with Gasteiger partial charge in [-0.15, -0.1) is 22.7 Å². The number of hydrogen-bond acceptors (Lipinski definition) is 14. The SMILES string of the molecule is O=C([O-])CNC(=O)c1c(O)nc2sc3c(n2c1=O)CCCCC3.O=C([O-])CNC(=O)c1c(O)nc2sc3c(n2c1=O)CCCCC3.[Mg+2]. The number of carboxylic acids is 2. The third-order valence-electron chi connectivity index (χ3n) is 7.55. The van der Waals surface area contributed by atoms with Crippen LogP contribution >= 0.6 is 22.7 Å². The van der Waals surface area contributed by atoms with E-state index in [1.54, 1.807) is 0 Å². The summed E-state index contributed by atoms with van der Waals surface area (Å²) in [6, 6.07) is 0. The van der Waals surface area contributed by atoms with Crippen molar-refractivity contribution in [3.63, 3.8) is 0 Å². The van der Waals surface area contributed by atoms with E-state index < -0.39 is 70.8 Å². The first kappa shape index (κ1) is 35.8. The van der Waals surface area contributed by atoms with Gasteiger partial charge in [0.05, 0.1) is 25.0 Å². The largest absolute Gasteiger partial charge is 2.00 e. The van der Waals surface area contributed by atoms with Gasteiger partial charge >= 0.3 is 23.1 Å². The van der Waals surface area contributed by atoms with E-state index in [0.29, 0.717) is 22.8 Å². The number of amides is 2. The molecule has 0 unspecified atom stereocenters. The molecule has 0 fully saturated rings. The van der Waals surface area contributed by atoms with Gasteiger partial charge in [-0.1, -0.05) is 12.8 Å². The number of nitrogens with one attached hydrogen (secondary N) is 2. The van der Waals surface area contributed by atoms with Crippen LogP contribution in [0.15, 0.2) is 9.59 Å². The molecule has 0 bridgehead atoms. The smallest absolute Gasteiger partial charge is 0.548 e. The number of carbonyl (C=O) groups excluding carboxylic acids is 4. The molecule has 0 saturated heterocycles. The Hall–Kier alpha value is -4.07. The zero-order valence-corrected chi connectivity index (χ0v) is 28.0. The molecule has 0 radical (unpaired) electrons. The number of aromatic nitrogens is 4. The first-order valence-electron chi connectivity index (χ1n) is 14.5. The number of aliphatic carboxylic acids is 2. The average molecular weight is 697 g/mol. The predicted octanol–water partition coefficient (Wildman–Crippen LogP) is -1.96. The van der Waals surface area contributed by atoms with Crippen molar-refractivity contribution in [2.45, 2.75) is 64.2 Å². The Morgan fingerprint density at radius 1 is 0.660 bits per heavy atom. The minimum Gasteiger partial charge on any atom is -0.548 e. The van der Waals surface area contributed by atoms with Crippen molar-refractivity contribution in [2.24, 2.45) is 0 Å². The van der Waals surface area contributed by atoms with Crippen molar-refractivity contribution in [2.75, 3.05) is 13.1 Å². The second-order valence-corrected chi connectivity index (χ2v) is 12.8. The summed E-state index contributed by atoms with van der Waals surface area (Å²) in [7, 11) is 0. The minimum absolute atomic E-state index is 0. The molecule has 2 aliphatic carbocycles. The molecule has 4 heterocycles. The van der Waals surface area contributed by atoms with Gasteiger partial charge in [-0.3, -0.25) is 28.0 Å². The van der Waals surface area contributed by atoms with Crippen LogP contribution < -0.4 is 32.0 Å². The summed E-state index contributed by atoms with van der Waals surface area (Å²) in [5.41, 5.74) is -0.796. The summed E-state index contributed by atoms with van der Waals surface area (Å²) in [6.07, 6.45) is 9.19. The number of rotatable bonds is 6. The monoisotopic (exact) mass is 696 g/mol. The van der Waals surface area contributed by atoms with Crippen LogP contribution in [0, 0.1) is 0 Å². The molecule has 6 rings (SSSR count). The molecule has 2 amide bonds. The van der Waals surface area contributed by atoms with E-state index in [4.69, 9.17) is 0 Å². The van der Waals surface area contributed by atoms with Crippen LogP contribution in [0.5, 0.6) is 11.8 Å². The maximum Gasteiger partial charge on any atom is 2.00 e. The number of nitrogens with zero attached hydrogens (tertiary/aromatic N) is 4. The fraction of sp³-hybridized carbons (Fsp3) is 0.429. The third-order valence-corrected chi connectivity index (χ3v) is 9.84. The van der Waals surface area contributed by atoms with Gasteiger partial charge in [0.1, 0.15) is 0 Å². The van der Waals surface area contributed by atoms with Gasteiger partial charge in [-0.05, 0) is 51.4 Å². The van der Waals surface area contributed by atoms with Crippen LogP contribution in [0.2, 0.25) is 0 Å². The molecule has 4 N–H and O–H groups in total. The van der Waals surface area contributed by atoms with Gasteiger partial charge in [-0.2, -0.15) is 9.97 Å². The van der Waals surface area contributed by atoms with Crippen molar-refractivity contribution >= 4 is 79.4 Å². The van der Waals surface area contributed by atoms with Crippen molar-refractivity contribution in [3.8, 4) is 11.8 Å². The van der Waals surface area contributed by atoms with Gasteiger partial charge in [-0.25, -0.2) is 0 Å². The van der Waals surface area contributed by atoms with E-state index in [2.05, 4.69) is 9.97 Å². The number of aryl methyl sites for hydroxylation is 4. The summed E-state index contributed by atoms with van der Waals surface area (Å²) in [5.74, 6) is -6.32. The molecule has 0 saturated carbocycles. The van der Waals surface area contributed by atoms with E-state index in [-0.39, 0.29) is 23.1 Å². The Labute approximate surface area is 289 Å². The van der Waals surface area contributed by atoms with Gasteiger partial charge in [0.2, 0.25) is 11.8 Å². The van der Waals surface area contributed by atoms with E-state index in [0.717, 1.165) is 72.5 Å². The van der Waals surface area contributed by atoms with Crippen molar-refractivity contribution in [1.82, 2.24) is 29.4 Å². The number of thiazole rings is 2. The van der Waals surface area contributed by atoms with Gasteiger partial charge in [0.25, 0.3) is 22.9 Å². The maximum absolute atomic E-state index is 12.6. The summed E-state index contributed by atoms with van der Waals surface area (Å²) < 4.78 is 2.72. The first-order valence-corrected chi connectivity index (χ1v) is 16.1. The normalized spacial score (nSPS) is 14.0. The van der Waals surface area contributed by atoms with Crippen LogP contribution in [-0.2, 0) is 35.3 Å². The quantitative estimate of drug-likeness (QED) is 0.127. The molecule has 0 atom stereocenters. The molecule has 4 aromatic heterocycles. The molecule has 244 valence electrons. The molecule has 0 aliphatic heterocycles. The molecule has 47 heavy (non-hydrogen) atoms. The topological polar surface area (TPSA) is 248 Å². The van der Waals surface area contributed by atoms with E-state index in [1.165, 1.54) is 31.5 Å². The fourth-order valence-corrected chi connectivity index (χ4v) is 7.85. The Kier molecular flexibility index (Phi) is 11.6. The van der Waals surface area contributed by atoms with E-state index >= 15 is 0 Å². The zero-order chi connectivity index (χ0) is 33.1. The molecular weight excluding hydrogens is 669 g/mol. The van der Waals surface area contributed by atoms with E-state index in [1.807, 2.05) is 10.6 Å².